The fraction of sp³-hybridized carbons (Fsp3) is 0.0455. The summed E-state index contributed by atoms with van der Waals surface area (Å²) in [5.74, 6) is 0. The van der Waals surface area contributed by atoms with Gasteiger partial charge in [0.25, 0.3) is 0 Å². The van der Waals surface area contributed by atoms with Crippen molar-refractivity contribution in [1.82, 2.24) is 0 Å². The van der Waals surface area contributed by atoms with E-state index in [0.29, 0.717) is 0 Å². The lowest BCUT2D eigenvalue weighted by Crippen LogP contribution is -2.67. The Morgan fingerprint density at radius 3 is 1.55 bits per heavy atom. The van der Waals surface area contributed by atoms with Crippen molar-refractivity contribution in [3.05, 3.63) is 164 Å². The van der Waals surface area contributed by atoms with Crippen LogP contribution in [-0.4, -0.2) is 8.07 Å². The smallest absolute Gasteiger partial charge is 0.170 e. The second kappa shape index (κ2) is 10.5. The van der Waals surface area contributed by atoms with Gasteiger partial charge in [-0.05, 0) is 77.1 Å². The van der Waals surface area contributed by atoms with Gasteiger partial charge in [0.15, 0.2) is 7.14 Å². The van der Waals surface area contributed by atoms with Crippen molar-refractivity contribution in [3.63, 3.8) is 0 Å². The van der Waals surface area contributed by atoms with E-state index >= 15 is 4.57 Å². The molecule has 0 saturated heterocycles. The third-order valence-corrected chi connectivity index (χ3v) is 17.4. The molecular formula is C44H33OPSi. The highest BCUT2D eigenvalue weighted by Crippen LogP contribution is 2.45. The van der Waals surface area contributed by atoms with Crippen LogP contribution in [0, 0.1) is 0 Å². The van der Waals surface area contributed by atoms with E-state index < -0.39 is 15.2 Å². The molecule has 1 aliphatic rings. The first-order valence-electron chi connectivity index (χ1n) is 16.3. The number of benzene rings is 8. The van der Waals surface area contributed by atoms with Crippen molar-refractivity contribution in [2.75, 3.05) is 0 Å². The summed E-state index contributed by atoms with van der Waals surface area (Å²) in [4.78, 5) is 0. The first-order valence-corrected chi connectivity index (χ1v) is 21.0. The van der Waals surface area contributed by atoms with Gasteiger partial charge in [-0.2, -0.15) is 0 Å². The fourth-order valence-electron chi connectivity index (χ4n) is 7.92. The lowest BCUT2D eigenvalue weighted by Gasteiger charge is -2.38. The Balaban J connectivity index is 1.20. The maximum Gasteiger partial charge on any atom is 0.170 e. The molecule has 1 nitrogen and oxygen atoms in total. The molecule has 0 aromatic heterocycles. The van der Waals surface area contributed by atoms with Gasteiger partial charge in [-0.15, -0.1) is 0 Å². The molecule has 0 amide bonds. The van der Waals surface area contributed by atoms with Crippen molar-refractivity contribution in [2.24, 2.45) is 0 Å². The fourth-order valence-corrected chi connectivity index (χ4v) is 16.1. The summed E-state index contributed by atoms with van der Waals surface area (Å²) >= 11 is 0. The topological polar surface area (TPSA) is 17.1 Å². The van der Waals surface area contributed by atoms with Gasteiger partial charge in [-0.1, -0.05) is 165 Å². The van der Waals surface area contributed by atoms with Crippen molar-refractivity contribution >= 4 is 73.8 Å². The van der Waals surface area contributed by atoms with Crippen molar-refractivity contribution in [2.45, 2.75) is 13.1 Å². The largest absolute Gasteiger partial charge is 0.309 e. The maximum absolute atomic E-state index is 15.4. The van der Waals surface area contributed by atoms with Crippen LogP contribution in [0.2, 0.25) is 13.1 Å². The molecule has 0 bridgehead atoms. The monoisotopic (exact) mass is 636 g/mol. The summed E-state index contributed by atoms with van der Waals surface area (Å²) in [7, 11) is -5.17. The number of fused-ring (bicyclic) bond motifs is 8. The molecule has 224 valence electrons. The lowest BCUT2D eigenvalue weighted by atomic mass is 9.91. The zero-order valence-corrected chi connectivity index (χ0v) is 28.3. The molecule has 0 spiro atoms. The Bertz CT molecular complexity index is 2550. The molecule has 8 aromatic carbocycles. The minimum Gasteiger partial charge on any atom is -0.309 e. The van der Waals surface area contributed by atoms with Crippen LogP contribution in [0.1, 0.15) is 0 Å². The summed E-state index contributed by atoms with van der Waals surface area (Å²) < 4.78 is 15.4. The molecule has 0 fully saturated rings. The quantitative estimate of drug-likeness (QED) is 0.107. The Hall–Kier alpha value is -5.01. The van der Waals surface area contributed by atoms with Crippen LogP contribution in [0.3, 0.4) is 0 Å². The summed E-state index contributed by atoms with van der Waals surface area (Å²) in [6, 6.07) is 58.6. The summed E-state index contributed by atoms with van der Waals surface area (Å²) in [6.45, 7) is 4.81. The van der Waals surface area contributed by atoms with E-state index in [-0.39, 0.29) is 0 Å². The van der Waals surface area contributed by atoms with Gasteiger partial charge in [0.2, 0.25) is 0 Å². The molecule has 47 heavy (non-hydrogen) atoms. The SMILES string of the molecule is C[Si]1(C)c2ccccc2P(=O)(c2ccccc2)c2ccc(-c3cccc(-c4ccc5c6ccccc6c6ccccc6c5c4)c3)cc21. The van der Waals surface area contributed by atoms with Crippen LogP contribution in [-0.2, 0) is 4.57 Å². The van der Waals surface area contributed by atoms with Gasteiger partial charge < -0.3 is 4.57 Å². The summed E-state index contributed by atoms with van der Waals surface area (Å²) in [6.07, 6.45) is 0. The van der Waals surface area contributed by atoms with E-state index in [1.165, 1.54) is 64.9 Å². The molecule has 1 heterocycles. The molecule has 0 saturated carbocycles. The molecule has 8 aromatic rings. The van der Waals surface area contributed by atoms with Crippen LogP contribution in [0.25, 0.3) is 54.6 Å². The molecule has 1 atom stereocenters. The number of hydrogen-bond donors (Lipinski definition) is 0. The molecule has 1 unspecified atom stereocenters. The Morgan fingerprint density at radius 1 is 0.383 bits per heavy atom. The van der Waals surface area contributed by atoms with Crippen molar-refractivity contribution < 1.29 is 4.57 Å². The van der Waals surface area contributed by atoms with Gasteiger partial charge in [-0.25, -0.2) is 0 Å². The maximum atomic E-state index is 15.4. The molecule has 0 aliphatic carbocycles. The normalized spacial score (nSPS) is 16.6. The van der Waals surface area contributed by atoms with E-state index in [9.17, 15) is 0 Å². The van der Waals surface area contributed by atoms with Gasteiger partial charge in [0.1, 0.15) is 8.07 Å². The minimum absolute atomic E-state index is 0.907. The Morgan fingerprint density at radius 2 is 0.872 bits per heavy atom. The van der Waals surface area contributed by atoms with E-state index in [2.05, 4.69) is 140 Å². The van der Waals surface area contributed by atoms with Crippen LogP contribution in [0.15, 0.2) is 164 Å². The molecule has 0 radical (unpaired) electrons. The molecular weight excluding hydrogens is 604 g/mol. The van der Waals surface area contributed by atoms with Gasteiger partial charge in [0.05, 0.1) is 0 Å². The highest BCUT2D eigenvalue weighted by atomic mass is 31.2. The van der Waals surface area contributed by atoms with Crippen LogP contribution in [0.5, 0.6) is 0 Å². The zero-order chi connectivity index (χ0) is 31.8. The van der Waals surface area contributed by atoms with E-state index in [1.54, 1.807) is 0 Å². The van der Waals surface area contributed by atoms with Gasteiger partial charge >= 0.3 is 0 Å². The van der Waals surface area contributed by atoms with E-state index in [4.69, 9.17) is 0 Å². The molecule has 3 heteroatoms. The average Bonchev–Trinajstić information content (AvgIpc) is 3.14. The van der Waals surface area contributed by atoms with E-state index in [0.717, 1.165) is 15.9 Å². The predicted octanol–water partition coefficient (Wildman–Crippen LogP) is 9.26. The molecule has 1 aliphatic heterocycles. The third-order valence-electron chi connectivity index (χ3n) is 10.3. The van der Waals surface area contributed by atoms with Crippen LogP contribution < -0.4 is 26.3 Å². The molecule has 9 rings (SSSR count). The van der Waals surface area contributed by atoms with Crippen LogP contribution >= 0.6 is 7.14 Å². The van der Waals surface area contributed by atoms with Gasteiger partial charge in [0, 0.05) is 15.9 Å². The standard InChI is InChI=1S/C44H33OPSi/c1-47(2)43-22-11-10-21-41(43)46(45,34-15-4-3-5-16-34)42-26-24-33(29-44(42)47)31-14-12-13-30(27-31)32-23-25-39-37-19-7-6-17-35(37)36-18-8-9-20-38(36)40(39)28-32/h3-29H,1-2H3. The second-order valence-corrected chi connectivity index (χ2v) is 20.3. The predicted molar refractivity (Wildman–Crippen MR) is 206 cm³/mol. The number of hydrogen-bond acceptors (Lipinski definition) is 1. The Labute approximate surface area is 276 Å². The van der Waals surface area contributed by atoms with Crippen molar-refractivity contribution in [3.8, 4) is 22.3 Å². The summed E-state index contributed by atoms with van der Waals surface area (Å²) in [5, 5.41) is 13.2. The highest BCUT2D eigenvalue weighted by molar-refractivity contribution is 7.86. The molecule has 0 N–H and O–H groups in total. The van der Waals surface area contributed by atoms with Gasteiger partial charge in [-0.3, -0.25) is 0 Å². The van der Waals surface area contributed by atoms with Crippen LogP contribution in [0.4, 0.5) is 0 Å². The zero-order valence-electron chi connectivity index (χ0n) is 26.4. The first-order chi connectivity index (χ1) is 22.9. The first kappa shape index (κ1) is 28.2. The average molecular weight is 637 g/mol. The Kier molecular flexibility index (Phi) is 6.31. The number of rotatable bonds is 3. The lowest BCUT2D eigenvalue weighted by molar-refractivity contribution is 0.592. The highest BCUT2D eigenvalue weighted by Gasteiger charge is 2.45. The van der Waals surface area contributed by atoms with Crippen molar-refractivity contribution in [1.29, 1.82) is 0 Å². The minimum atomic E-state index is -3.02. The van der Waals surface area contributed by atoms with E-state index in [1.807, 2.05) is 36.4 Å². The summed E-state index contributed by atoms with van der Waals surface area (Å²) in [5.41, 5.74) is 4.74. The third kappa shape index (κ3) is 4.19. The second-order valence-electron chi connectivity index (χ2n) is 13.3.